The van der Waals surface area contributed by atoms with Gasteiger partial charge >= 0.3 is 0 Å². The van der Waals surface area contributed by atoms with Crippen LogP contribution in [0.5, 0.6) is 5.75 Å². The number of hydrogen-bond acceptors (Lipinski definition) is 5. The van der Waals surface area contributed by atoms with E-state index in [1.165, 1.54) is 11.1 Å². The fourth-order valence-corrected chi connectivity index (χ4v) is 2.76. The average Bonchev–Trinajstić information content (AvgIpc) is 2.60. The van der Waals surface area contributed by atoms with Crippen LogP contribution in [0.15, 0.2) is 36.7 Å². The standard InChI is InChI=1S/C17H20N4O2/c1-12(16(22)20-17-18-7-3-8-19-17)21-9-6-13-4-5-15(23-2)10-14(13)11-21/h3-5,7-8,10,12H,6,9,11H2,1-2H3,(H,18,19,20,22)/t12-/m1/s1. The molecule has 0 saturated carbocycles. The van der Waals surface area contributed by atoms with Crippen LogP contribution in [0.3, 0.4) is 0 Å². The van der Waals surface area contributed by atoms with E-state index >= 15 is 0 Å². The van der Waals surface area contributed by atoms with Crippen LogP contribution in [0.25, 0.3) is 0 Å². The van der Waals surface area contributed by atoms with E-state index < -0.39 is 0 Å². The Balaban J connectivity index is 1.68. The predicted molar refractivity (Wildman–Crippen MR) is 87.2 cm³/mol. The normalized spacial score (nSPS) is 15.6. The van der Waals surface area contributed by atoms with Gasteiger partial charge in [0.25, 0.3) is 0 Å². The Morgan fingerprint density at radius 1 is 1.30 bits per heavy atom. The first kappa shape index (κ1) is 15.4. The summed E-state index contributed by atoms with van der Waals surface area (Å²) in [7, 11) is 1.66. The average molecular weight is 312 g/mol. The molecule has 2 heterocycles. The molecule has 1 aromatic carbocycles. The molecule has 2 aromatic rings. The first-order chi connectivity index (χ1) is 11.2. The van der Waals surface area contributed by atoms with Gasteiger partial charge in [0.2, 0.25) is 11.9 Å². The molecule has 1 atom stereocenters. The maximum Gasteiger partial charge on any atom is 0.243 e. The lowest BCUT2D eigenvalue weighted by Crippen LogP contribution is -2.44. The number of methoxy groups -OCH3 is 1. The number of anilines is 1. The molecule has 1 aromatic heterocycles. The van der Waals surface area contributed by atoms with Crippen molar-refractivity contribution in [3.8, 4) is 5.75 Å². The van der Waals surface area contributed by atoms with Crippen LogP contribution < -0.4 is 10.1 Å². The topological polar surface area (TPSA) is 67.3 Å². The van der Waals surface area contributed by atoms with Crippen molar-refractivity contribution in [3.05, 3.63) is 47.8 Å². The summed E-state index contributed by atoms with van der Waals surface area (Å²) >= 11 is 0. The molecule has 3 rings (SSSR count). The van der Waals surface area contributed by atoms with E-state index in [2.05, 4.69) is 26.3 Å². The van der Waals surface area contributed by atoms with Gasteiger partial charge in [0.05, 0.1) is 13.2 Å². The number of benzene rings is 1. The highest BCUT2D eigenvalue weighted by Crippen LogP contribution is 2.25. The van der Waals surface area contributed by atoms with Gasteiger partial charge in [0.15, 0.2) is 0 Å². The van der Waals surface area contributed by atoms with Crippen LogP contribution >= 0.6 is 0 Å². The minimum atomic E-state index is -0.252. The summed E-state index contributed by atoms with van der Waals surface area (Å²) in [5.74, 6) is 1.09. The summed E-state index contributed by atoms with van der Waals surface area (Å²) in [6.45, 7) is 3.49. The number of carbonyl (C=O) groups excluding carboxylic acids is 1. The van der Waals surface area contributed by atoms with Crippen LogP contribution in [-0.4, -0.2) is 40.5 Å². The number of rotatable bonds is 4. The molecule has 0 fully saturated rings. The zero-order valence-electron chi connectivity index (χ0n) is 13.3. The minimum Gasteiger partial charge on any atom is -0.497 e. The van der Waals surface area contributed by atoms with Crippen molar-refractivity contribution in [2.45, 2.75) is 25.9 Å². The van der Waals surface area contributed by atoms with Crippen LogP contribution in [0.2, 0.25) is 0 Å². The van der Waals surface area contributed by atoms with E-state index in [9.17, 15) is 4.79 Å². The summed E-state index contributed by atoms with van der Waals surface area (Å²) < 4.78 is 5.29. The lowest BCUT2D eigenvalue weighted by molar-refractivity contribution is -0.121. The maximum absolute atomic E-state index is 12.4. The van der Waals surface area contributed by atoms with Crippen molar-refractivity contribution in [2.75, 3.05) is 19.0 Å². The minimum absolute atomic E-state index is 0.0949. The van der Waals surface area contributed by atoms with Gasteiger partial charge in [-0.25, -0.2) is 9.97 Å². The van der Waals surface area contributed by atoms with Gasteiger partial charge in [-0.1, -0.05) is 6.07 Å². The maximum atomic E-state index is 12.4. The van der Waals surface area contributed by atoms with Crippen LogP contribution in [0.4, 0.5) is 5.95 Å². The number of hydrogen-bond donors (Lipinski definition) is 1. The van der Waals surface area contributed by atoms with Gasteiger partial charge in [-0.05, 0) is 42.7 Å². The molecule has 1 amide bonds. The zero-order valence-corrected chi connectivity index (χ0v) is 13.3. The fraction of sp³-hybridized carbons (Fsp3) is 0.353. The van der Waals surface area contributed by atoms with E-state index in [0.29, 0.717) is 5.95 Å². The van der Waals surface area contributed by atoms with Crippen molar-refractivity contribution in [2.24, 2.45) is 0 Å². The van der Waals surface area contributed by atoms with Crippen molar-refractivity contribution in [1.82, 2.24) is 14.9 Å². The monoisotopic (exact) mass is 312 g/mol. The van der Waals surface area contributed by atoms with E-state index in [1.54, 1.807) is 25.6 Å². The zero-order chi connectivity index (χ0) is 16.2. The van der Waals surface area contributed by atoms with Crippen LogP contribution in [0, 0.1) is 0 Å². The van der Waals surface area contributed by atoms with Crippen molar-refractivity contribution in [1.29, 1.82) is 0 Å². The SMILES string of the molecule is COc1ccc2c(c1)CN([C@H](C)C(=O)Nc1ncccn1)CC2. The van der Waals surface area contributed by atoms with Crippen molar-refractivity contribution < 1.29 is 9.53 Å². The quantitative estimate of drug-likeness (QED) is 0.933. The summed E-state index contributed by atoms with van der Waals surface area (Å²) in [5, 5.41) is 2.76. The summed E-state index contributed by atoms with van der Waals surface area (Å²) in [6, 6.07) is 7.60. The molecule has 0 unspecified atom stereocenters. The van der Waals surface area contributed by atoms with Gasteiger partial charge in [-0.3, -0.25) is 15.0 Å². The molecule has 1 aliphatic heterocycles. The highest BCUT2D eigenvalue weighted by atomic mass is 16.5. The van der Waals surface area contributed by atoms with Gasteiger partial charge in [-0.2, -0.15) is 0 Å². The largest absolute Gasteiger partial charge is 0.497 e. The first-order valence-electron chi connectivity index (χ1n) is 7.65. The second-order valence-corrected chi connectivity index (χ2v) is 5.59. The number of ether oxygens (including phenoxy) is 1. The lowest BCUT2D eigenvalue weighted by atomic mass is 9.98. The number of aromatic nitrogens is 2. The summed E-state index contributed by atoms with van der Waals surface area (Å²) in [6.07, 6.45) is 4.15. The van der Waals surface area contributed by atoms with E-state index in [0.717, 1.165) is 25.3 Å². The number of nitrogens with one attached hydrogen (secondary N) is 1. The smallest absolute Gasteiger partial charge is 0.243 e. The molecular weight excluding hydrogens is 292 g/mol. The van der Waals surface area contributed by atoms with E-state index in [4.69, 9.17) is 4.74 Å². The molecule has 6 heteroatoms. The number of fused-ring (bicyclic) bond motifs is 1. The van der Waals surface area contributed by atoms with E-state index in [-0.39, 0.29) is 11.9 Å². The van der Waals surface area contributed by atoms with Gasteiger partial charge in [-0.15, -0.1) is 0 Å². The molecule has 0 saturated heterocycles. The number of carbonyl (C=O) groups is 1. The third-order valence-corrected chi connectivity index (χ3v) is 4.18. The highest BCUT2D eigenvalue weighted by molar-refractivity contribution is 5.93. The molecule has 0 radical (unpaired) electrons. The van der Waals surface area contributed by atoms with Gasteiger partial charge in [0.1, 0.15) is 5.75 Å². The van der Waals surface area contributed by atoms with E-state index in [1.807, 2.05) is 19.1 Å². The Hall–Kier alpha value is -2.47. The number of amides is 1. The third kappa shape index (κ3) is 3.48. The van der Waals surface area contributed by atoms with Crippen molar-refractivity contribution >= 4 is 11.9 Å². The molecule has 23 heavy (non-hydrogen) atoms. The Kier molecular flexibility index (Phi) is 4.52. The first-order valence-corrected chi connectivity index (χ1v) is 7.65. The Morgan fingerprint density at radius 2 is 2.09 bits per heavy atom. The molecule has 6 nitrogen and oxygen atoms in total. The van der Waals surface area contributed by atoms with Gasteiger partial charge < -0.3 is 4.74 Å². The second-order valence-electron chi connectivity index (χ2n) is 5.59. The molecule has 0 aliphatic carbocycles. The Morgan fingerprint density at radius 3 is 2.83 bits per heavy atom. The molecule has 120 valence electrons. The highest BCUT2D eigenvalue weighted by Gasteiger charge is 2.26. The summed E-state index contributed by atoms with van der Waals surface area (Å²) in [5.41, 5.74) is 2.53. The summed E-state index contributed by atoms with van der Waals surface area (Å²) in [4.78, 5) is 22.6. The Bertz CT molecular complexity index is 690. The Labute approximate surface area is 135 Å². The molecule has 1 N–H and O–H groups in total. The van der Waals surface area contributed by atoms with Crippen LogP contribution in [-0.2, 0) is 17.8 Å². The molecule has 0 bridgehead atoms. The fourth-order valence-electron chi connectivity index (χ4n) is 2.76. The van der Waals surface area contributed by atoms with Crippen LogP contribution in [0.1, 0.15) is 18.1 Å². The molecule has 0 spiro atoms. The predicted octanol–water partition coefficient (Wildman–Crippen LogP) is 1.87. The molecule has 1 aliphatic rings. The van der Waals surface area contributed by atoms with Crippen molar-refractivity contribution in [3.63, 3.8) is 0 Å². The molecular formula is C17H20N4O2. The van der Waals surface area contributed by atoms with Gasteiger partial charge in [0, 0.05) is 25.5 Å². The second kappa shape index (κ2) is 6.75. The number of nitrogens with zero attached hydrogens (tertiary/aromatic N) is 3. The third-order valence-electron chi connectivity index (χ3n) is 4.18. The lowest BCUT2D eigenvalue weighted by Gasteiger charge is -2.32.